The van der Waals surface area contributed by atoms with Gasteiger partial charge in [-0.3, -0.25) is 4.90 Å². The Kier molecular flexibility index (Phi) is 5.58. The van der Waals surface area contributed by atoms with Gasteiger partial charge in [0, 0.05) is 32.7 Å². The Bertz CT molecular complexity index is 438. The highest BCUT2D eigenvalue weighted by Gasteiger charge is 2.19. The molecule has 3 nitrogen and oxygen atoms in total. The van der Waals surface area contributed by atoms with Gasteiger partial charge in [0.2, 0.25) is 0 Å². The number of hydrogen-bond acceptors (Lipinski definition) is 3. The molecule has 0 saturated carbocycles. The predicted molar refractivity (Wildman–Crippen MR) is 82.7 cm³/mol. The molecule has 1 aromatic carbocycles. The van der Waals surface area contributed by atoms with Crippen molar-refractivity contribution in [2.24, 2.45) is 0 Å². The maximum absolute atomic E-state index is 9.45. The smallest absolute Gasteiger partial charge is 0.0839 e. The van der Waals surface area contributed by atoms with Crippen LogP contribution in [-0.2, 0) is 6.42 Å². The molecule has 1 aliphatic heterocycles. The first kappa shape index (κ1) is 15.0. The number of hydrogen-bond donors (Lipinski definition) is 0. The molecule has 0 aromatic heterocycles. The summed E-state index contributed by atoms with van der Waals surface area (Å²) in [6.07, 6.45) is 2.29. The average molecular weight is 271 g/mol. The normalized spacial score (nSPS) is 18.6. The number of nitriles is 1. The molecule has 1 aromatic rings. The van der Waals surface area contributed by atoms with Gasteiger partial charge in [-0.2, -0.15) is 5.26 Å². The molecule has 0 aliphatic carbocycles. The molecular formula is C17H25N3. The number of aryl methyl sites for hydroxylation is 1. The van der Waals surface area contributed by atoms with Crippen LogP contribution in [0, 0.1) is 11.3 Å². The van der Waals surface area contributed by atoms with E-state index < -0.39 is 0 Å². The van der Waals surface area contributed by atoms with Gasteiger partial charge >= 0.3 is 0 Å². The van der Waals surface area contributed by atoms with E-state index in [1.54, 1.807) is 0 Å². The quantitative estimate of drug-likeness (QED) is 0.824. The molecule has 2 rings (SSSR count). The van der Waals surface area contributed by atoms with E-state index in [9.17, 15) is 5.26 Å². The molecule has 108 valence electrons. The summed E-state index contributed by atoms with van der Waals surface area (Å²) in [5, 5.41) is 9.45. The standard InChI is InChI=1S/C17H25N3/c1-3-4-15-5-7-16(8-6-15)17(13-18)14-20-11-9-19(2)10-12-20/h5-8,17H,3-4,9-12,14H2,1-2H3. The second-order valence-corrected chi connectivity index (χ2v) is 5.78. The Morgan fingerprint density at radius 1 is 1.15 bits per heavy atom. The fourth-order valence-electron chi connectivity index (χ4n) is 2.71. The summed E-state index contributed by atoms with van der Waals surface area (Å²) in [6, 6.07) is 11.1. The van der Waals surface area contributed by atoms with Gasteiger partial charge in [0.25, 0.3) is 0 Å². The van der Waals surface area contributed by atoms with E-state index in [0.717, 1.165) is 44.7 Å². The Morgan fingerprint density at radius 2 is 1.80 bits per heavy atom. The summed E-state index contributed by atoms with van der Waals surface area (Å²) < 4.78 is 0. The second kappa shape index (κ2) is 7.42. The van der Waals surface area contributed by atoms with Crippen LogP contribution in [0.15, 0.2) is 24.3 Å². The number of likely N-dealkylation sites (N-methyl/N-ethyl adjacent to an activating group) is 1. The fourth-order valence-corrected chi connectivity index (χ4v) is 2.71. The lowest BCUT2D eigenvalue weighted by molar-refractivity contribution is 0.152. The van der Waals surface area contributed by atoms with Gasteiger partial charge in [0.1, 0.15) is 0 Å². The Labute approximate surface area is 122 Å². The van der Waals surface area contributed by atoms with Crippen molar-refractivity contribution in [1.82, 2.24) is 9.80 Å². The van der Waals surface area contributed by atoms with Crippen molar-refractivity contribution < 1.29 is 0 Å². The molecule has 1 fully saturated rings. The zero-order valence-electron chi connectivity index (χ0n) is 12.7. The third-order valence-corrected chi connectivity index (χ3v) is 4.11. The van der Waals surface area contributed by atoms with E-state index in [-0.39, 0.29) is 5.92 Å². The van der Waals surface area contributed by atoms with E-state index in [4.69, 9.17) is 0 Å². The summed E-state index contributed by atoms with van der Waals surface area (Å²) in [7, 11) is 2.16. The van der Waals surface area contributed by atoms with Crippen LogP contribution in [0.2, 0.25) is 0 Å². The molecular weight excluding hydrogens is 246 g/mol. The Hall–Kier alpha value is -1.37. The first-order valence-electron chi connectivity index (χ1n) is 7.62. The van der Waals surface area contributed by atoms with Crippen LogP contribution in [-0.4, -0.2) is 49.6 Å². The van der Waals surface area contributed by atoms with Crippen LogP contribution in [0.5, 0.6) is 0 Å². The van der Waals surface area contributed by atoms with Crippen molar-refractivity contribution in [1.29, 1.82) is 5.26 Å². The van der Waals surface area contributed by atoms with Gasteiger partial charge in [-0.1, -0.05) is 37.6 Å². The molecule has 0 radical (unpaired) electrons. The van der Waals surface area contributed by atoms with Crippen LogP contribution in [0.25, 0.3) is 0 Å². The predicted octanol–water partition coefficient (Wildman–Crippen LogP) is 2.49. The SMILES string of the molecule is CCCc1ccc(C(C#N)CN2CCN(C)CC2)cc1. The van der Waals surface area contributed by atoms with E-state index in [2.05, 4.69) is 54.1 Å². The highest BCUT2D eigenvalue weighted by atomic mass is 15.2. The Morgan fingerprint density at radius 3 is 2.35 bits per heavy atom. The third-order valence-electron chi connectivity index (χ3n) is 4.11. The summed E-state index contributed by atoms with van der Waals surface area (Å²) in [5.74, 6) is -0.00548. The largest absolute Gasteiger partial charge is 0.304 e. The lowest BCUT2D eigenvalue weighted by atomic mass is 9.97. The third kappa shape index (κ3) is 4.06. The molecule has 1 unspecified atom stereocenters. The molecule has 0 amide bonds. The fraction of sp³-hybridized carbons (Fsp3) is 0.588. The van der Waals surface area contributed by atoms with Crippen LogP contribution in [0.3, 0.4) is 0 Å². The number of benzene rings is 1. The van der Waals surface area contributed by atoms with Gasteiger partial charge in [-0.15, -0.1) is 0 Å². The van der Waals surface area contributed by atoms with Crippen molar-refractivity contribution in [3.63, 3.8) is 0 Å². The van der Waals surface area contributed by atoms with Crippen molar-refractivity contribution in [3.8, 4) is 6.07 Å². The molecule has 1 heterocycles. The van der Waals surface area contributed by atoms with Gasteiger partial charge in [0.15, 0.2) is 0 Å². The van der Waals surface area contributed by atoms with Gasteiger partial charge in [0.05, 0.1) is 12.0 Å². The average Bonchev–Trinajstić information content (AvgIpc) is 2.48. The van der Waals surface area contributed by atoms with Crippen molar-refractivity contribution in [2.45, 2.75) is 25.7 Å². The number of piperazine rings is 1. The summed E-state index contributed by atoms with van der Waals surface area (Å²) >= 11 is 0. The highest BCUT2D eigenvalue weighted by molar-refractivity contribution is 5.29. The lowest BCUT2D eigenvalue weighted by Crippen LogP contribution is -2.45. The minimum absolute atomic E-state index is 0.00548. The monoisotopic (exact) mass is 271 g/mol. The highest BCUT2D eigenvalue weighted by Crippen LogP contribution is 2.18. The minimum atomic E-state index is -0.00548. The maximum Gasteiger partial charge on any atom is 0.0839 e. The van der Waals surface area contributed by atoms with Crippen LogP contribution in [0.1, 0.15) is 30.4 Å². The zero-order chi connectivity index (χ0) is 14.4. The molecule has 1 atom stereocenters. The van der Waals surface area contributed by atoms with E-state index in [1.807, 2.05) is 0 Å². The molecule has 20 heavy (non-hydrogen) atoms. The van der Waals surface area contributed by atoms with Crippen LogP contribution < -0.4 is 0 Å². The first-order chi connectivity index (χ1) is 9.72. The minimum Gasteiger partial charge on any atom is -0.304 e. The maximum atomic E-state index is 9.45. The Balaban J connectivity index is 1.96. The zero-order valence-corrected chi connectivity index (χ0v) is 12.7. The number of rotatable bonds is 5. The van der Waals surface area contributed by atoms with Crippen molar-refractivity contribution in [2.75, 3.05) is 39.8 Å². The molecule has 1 aliphatic rings. The van der Waals surface area contributed by atoms with Crippen LogP contribution in [0.4, 0.5) is 0 Å². The number of nitrogens with zero attached hydrogens (tertiary/aromatic N) is 3. The van der Waals surface area contributed by atoms with E-state index in [0.29, 0.717) is 0 Å². The summed E-state index contributed by atoms with van der Waals surface area (Å²) in [5.41, 5.74) is 2.53. The first-order valence-corrected chi connectivity index (χ1v) is 7.62. The van der Waals surface area contributed by atoms with Gasteiger partial charge in [-0.25, -0.2) is 0 Å². The van der Waals surface area contributed by atoms with E-state index >= 15 is 0 Å². The molecule has 0 spiro atoms. The van der Waals surface area contributed by atoms with Crippen molar-refractivity contribution in [3.05, 3.63) is 35.4 Å². The van der Waals surface area contributed by atoms with Gasteiger partial charge < -0.3 is 4.90 Å². The van der Waals surface area contributed by atoms with Gasteiger partial charge in [-0.05, 0) is 24.6 Å². The topological polar surface area (TPSA) is 30.3 Å². The van der Waals surface area contributed by atoms with Crippen LogP contribution >= 0.6 is 0 Å². The lowest BCUT2D eigenvalue weighted by Gasteiger charge is -2.33. The summed E-state index contributed by atoms with van der Waals surface area (Å²) in [6.45, 7) is 7.41. The van der Waals surface area contributed by atoms with E-state index in [1.165, 1.54) is 12.0 Å². The molecule has 1 saturated heterocycles. The second-order valence-electron chi connectivity index (χ2n) is 5.78. The van der Waals surface area contributed by atoms with Crippen molar-refractivity contribution >= 4 is 0 Å². The molecule has 0 bridgehead atoms. The molecule has 0 N–H and O–H groups in total. The molecule has 3 heteroatoms. The summed E-state index contributed by atoms with van der Waals surface area (Å²) in [4.78, 5) is 4.76.